The van der Waals surface area contributed by atoms with Gasteiger partial charge in [0.15, 0.2) is 0 Å². The van der Waals surface area contributed by atoms with E-state index in [1.807, 2.05) is 24.3 Å². The van der Waals surface area contributed by atoms with E-state index in [0.717, 1.165) is 16.8 Å². The van der Waals surface area contributed by atoms with Crippen LogP contribution in [0.15, 0.2) is 42.5 Å². The molecule has 1 aliphatic rings. The van der Waals surface area contributed by atoms with Gasteiger partial charge in [0.2, 0.25) is 0 Å². The molecule has 0 aliphatic carbocycles. The molecule has 0 aromatic heterocycles. The number of halogens is 1. The predicted octanol–water partition coefficient (Wildman–Crippen LogP) is 3.00. The summed E-state index contributed by atoms with van der Waals surface area (Å²) in [5.74, 6) is -0.591. The van der Waals surface area contributed by atoms with Crippen molar-refractivity contribution in [1.82, 2.24) is 0 Å². The van der Waals surface area contributed by atoms with Crippen molar-refractivity contribution in [3.05, 3.63) is 59.4 Å². The zero-order valence-electron chi connectivity index (χ0n) is 11.1. The lowest BCUT2D eigenvalue weighted by molar-refractivity contribution is -0.116. The Morgan fingerprint density at radius 1 is 1.24 bits per heavy atom. The number of fused-ring (bicyclic) bond motifs is 1. The van der Waals surface area contributed by atoms with Gasteiger partial charge in [0.1, 0.15) is 11.9 Å². The molecule has 1 atom stereocenters. The summed E-state index contributed by atoms with van der Waals surface area (Å²) in [6.45, 7) is 0. The number of carbonyl (C=O) groups is 1. The van der Waals surface area contributed by atoms with E-state index >= 15 is 0 Å². The molecule has 0 radical (unpaired) electrons. The van der Waals surface area contributed by atoms with Crippen LogP contribution < -0.4 is 10.6 Å². The van der Waals surface area contributed by atoms with Gasteiger partial charge in [-0.15, -0.1) is 0 Å². The van der Waals surface area contributed by atoms with Gasteiger partial charge in [-0.1, -0.05) is 18.2 Å². The zero-order valence-corrected chi connectivity index (χ0v) is 11.1. The van der Waals surface area contributed by atoms with E-state index in [2.05, 4.69) is 16.7 Å². The number of nitrogens with zero attached hydrogens (tertiary/aromatic N) is 1. The highest BCUT2D eigenvalue weighted by molar-refractivity contribution is 6.04. The van der Waals surface area contributed by atoms with E-state index in [0.29, 0.717) is 12.1 Å². The Morgan fingerprint density at radius 3 is 2.71 bits per heavy atom. The highest BCUT2D eigenvalue weighted by atomic mass is 19.1. The molecule has 0 saturated heterocycles. The lowest BCUT2D eigenvalue weighted by Crippen LogP contribution is -2.19. The van der Waals surface area contributed by atoms with Crippen LogP contribution in [0.1, 0.15) is 17.2 Å². The van der Waals surface area contributed by atoms with Gasteiger partial charge in [0, 0.05) is 16.9 Å². The summed E-state index contributed by atoms with van der Waals surface area (Å²) in [6.07, 6.45) is 0.353. The summed E-state index contributed by atoms with van der Waals surface area (Å²) in [6, 6.07) is 13.1. The minimum Gasteiger partial charge on any atom is -0.370 e. The van der Waals surface area contributed by atoms with Gasteiger partial charge in [-0.2, -0.15) is 5.26 Å². The van der Waals surface area contributed by atoms with Gasteiger partial charge in [-0.3, -0.25) is 4.79 Å². The summed E-state index contributed by atoms with van der Waals surface area (Å²) in [5, 5.41) is 14.4. The Labute approximate surface area is 121 Å². The normalized spacial score (nSPS) is 16.0. The van der Waals surface area contributed by atoms with Crippen LogP contribution in [0.25, 0.3) is 0 Å². The number of nitriles is 1. The van der Waals surface area contributed by atoms with Crippen molar-refractivity contribution in [2.75, 3.05) is 10.6 Å². The molecule has 1 unspecified atom stereocenters. The largest absolute Gasteiger partial charge is 0.370 e. The first-order valence-electron chi connectivity index (χ1n) is 6.50. The van der Waals surface area contributed by atoms with Gasteiger partial charge in [0.05, 0.1) is 12.5 Å². The maximum Gasteiger partial charge on any atom is 0.251 e. The minimum atomic E-state index is -0.539. The number of hydrogen-bond donors (Lipinski definition) is 2. The molecule has 4 nitrogen and oxygen atoms in total. The fraction of sp³-hybridized carbons (Fsp3) is 0.125. The van der Waals surface area contributed by atoms with Crippen molar-refractivity contribution in [3.63, 3.8) is 0 Å². The van der Waals surface area contributed by atoms with Crippen LogP contribution in [-0.4, -0.2) is 5.91 Å². The van der Waals surface area contributed by atoms with Crippen LogP contribution in [0.2, 0.25) is 0 Å². The second kappa shape index (κ2) is 5.25. The van der Waals surface area contributed by atoms with E-state index in [1.54, 1.807) is 6.07 Å². The molecule has 0 fully saturated rings. The van der Waals surface area contributed by atoms with E-state index in [1.165, 1.54) is 12.1 Å². The molecule has 1 amide bonds. The van der Waals surface area contributed by atoms with Crippen molar-refractivity contribution < 1.29 is 9.18 Å². The molecule has 1 heterocycles. The van der Waals surface area contributed by atoms with Gasteiger partial charge >= 0.3 is 0 Å². The fourth-order valence-electron chi connectivity index (χ4n) is 2.35. The van der Waals surface area contributed by atoms with E-state index < -0.39 is 6.04 Å². The number of carbonyl (C=O) groups excluding carboxylic acids is 1. The standard InChI is InChI=1S/C16H12FN3O/c17-11-3-6-13-14(9-11)20-16(21)15(13)19-12-4-1-10(2-5-12)7-8-18/h1-6,9,15,19H,7H2,(H,20,21). The molecule has 0 bridgehead atoms. The first kappa shape index (κ1) is 13.1. The molecule has 2 aromatic carbocycles. The first-order chi connectivity index (χ1) is 10.2. The van der Waals surface area contributed by atoms with Gasteiger partial charge in [-0.25, -0.2) is 4.39 Å². The third-order valence-corrected chi connectivity index (χ3v) is 3.39. The number of hydrogen-bond acceptors (Lipinski definition) is 3. The van der Waals surface area contributed by atoms with Crippen molar-refractivity contribution >= 4 is 17.3 Å². The topological polar surface area (TPSA) is 64.9 Å². The van der Waals surface area contributed by atoms with E-state index in [4.69, 9.17) is 5.26 Å². The number of benzene rings is 2. The number of rotatable bonds is 3. The Hall–Kier alpha value is -2.87. The van der Waals surface area contributed by atoms with Crippen LogP contribution in [-0.2, 0) is 11.2 Å². The predicted molar refractivity (Wildman–Crippen MR) is 77.2 cm³/mol. The molecule has 0 spiro atoms. The van der Waals surface area contributed by atoms with E-state index in [9.17, 15) is 9.18 Å². The van der Waals surface area contributed by atoms with E-state index in [-0.39, 0.29) is 11.7 Å². The van der Waals surface area contributed by atoms with Crippen molar-refractivity contribution in [2.45, 2.75) is 12.5 Å². The van der Waals surface area contributed by atoms with Crippen molar-refractivity contribution in [2.24, 2.45) is 0 Å². The Morgan fingerprint density at radius 2 is 2.00 bits per heavy atom. The van der Waals surface area contributed by atoms with Crippen LogP contribution in [0.3, 0.4) is 0 Å². The highest BCUT2D eigenvalue weighted by Crippen LogP contribution is 2.33. The smallest absolute Gasteiger partial charge is 0.251 e. The van der Waals surface area contributed by atoms with Gasteiger partial charge in [0.25, 0.3) is 5.91 Å². The fourth-order valence-corrected chi connectivity index (χ4v) is 2.35. The summed E-state index contributed by atoms with van der Waals surface area (Å²) in [5.41, 5.74) is 2.91. The minimum absolute atomic E-state index is 0.211. The van der Waals surface area contributed by atoms with Crippen molar-refractivity contribution in [3.8, 4) is 6.07 Å². The average molecular weight is 281 g/mol. The summed E-state index contributed by atoms with van der Waals surface area (Å²) in [4.78, 5) is 12.0. The number of amides is 1. The Bertz CT molecular complexity index is 734. The zero-order chi connectivity index (χ0) is 14.8. The molecule has 3 rings (SSSR count). The maximum atomic E-state index is 13.2. The molecule has 1 aliphatic heterocycles. The average Bonchev–Trinajstić information content (AvgIpc) is 2.76. The monoisotopic (exact) mass is 281 g/mol. The molecular formula is C16H12FN3O. The SMILES string of the molecule is N#CCc1ccc(NC2C(=O)Nc3cc(F)ccc32)cc1. The third-order valence-electron chi connectivity index (χ3n) is 3.39. The lowest BCUT2D eigenvalue weighted by atomic mass is 10.1. The third kappa shape index (κ3) is 2.56. The van der Waals surface area contributed by atoms with Crippen LogP contribution in [0, 0.1) is 17.1 Å². The van der Waals surface area contributed by atoms with Crippen LogP contribution in [0.5, 0.6) is 0 Å². The Balaban J connectivity index is 1.82. The van der Waals surface area contributed by atoms with Gasteiger partial charge < -0.3 is 10.6 Å². The van der Waals surface area contributed by atoms with Crippen LogP contribution >= 0.6 is 0 Å². The summed E-state index contributed by atoms with van der Waals surface area (Å²) < 4.78 is 13.2. The first-order valence-corrected chi connectivity index (χ1v) is 6.50. The molecule has 21 heavy (non-hydrogen) atoms. The second-order valence-corrected chi connectivity index (χ2v) is 4.83. The number of anilines is 2. The lowest BCUT2D eigenvalue weighted by Gasteiger charge is -2.13. The molecule has 104 valence electrons. The molecule has 0 saturated carbocycles. The second-order valence-electron chi connectivity index (χ2n) is 4.83. The summed E-state index contributed by atoms with van der Waals surface area (Å²) >= 11 is 0. The summed E-state index contributed by atoms with van der Waals surface area (Å²) in [7, 11) is 0. The molecule has 2 aromatic rings. The van der Waals surface area contributed by atoms with Crippen molar-refractivity contribution in [1.29, 1.82) is 5.26 Å². The highest BCUT2D eigenvalue weighted by Gasteiger charge is 2.30. The van der Waals surface area contributed by atoms with Crippen LogP contribution in [0.4, 0.5) is 15.8 Å². The van der Waals surface area contributed by atoms with Gasteiger partial charge in [-0.05, 0) is 29.8 Å². The quantitative estimate of drug-likeness (QED) is 0.909. The Kier molecular flexibility index (Phi) is 3.28. The molecule has 5 heteroatoms. The molecular weight excluding hydrogens is 269 g/mol. The number of nitrogens with one attached hydrogen (secondary N) is 2. The molecule has 2 N–H and O–H groups in total. The maximum absolute atomic E-state index is 13.2.